The summed E-state index contributed by atoms with van der Waals surface area (Å²) in [6.45, 7) is 9.65. The van der Waals surface area contributed by atoms with Crippen molar-refractivity contribution in [3.05, 3.63) is 158 Å². The minimum atomic E-state index is -4.31. The van der Waals surface area contributed by atoms with Gasteiger partial charge in [0, 0.05) is 0 Å². The Bertz CT molecular complexity index is 1660. The van der Waals surface area contributed by atoms with Gasteiger partial charge in [-0.25, -0.2) is 0 Å². The molecule has 4 aromatic carbocycles. The van der Waals surface area contributed by atoms with Crippen LogP contribution in [0.1, 0.15) is 48.0 Å². The largest absolute Gasteiger partial charge is 0.147 e. The smallest absolute Gasteiger partial charge is 0.147 e. The molecule has 0 saturated heterocycles. The van der Waals surface area contributed by atoms with E-state index in [9.17, 15) is 0 Å². The summed E-state index contributed by atoms with van der Waals surface area (Å²) in [5.74, 6) is 0.455. The third-order valence-electron chi connectivity index (χ3n) is 9.81. The van der Waals surface area contributed by atoms with Crippen LogP contribution < -0.4 is 6.54 Å². The number of benzene rings is 4. The van der Waals surface area contributed by atoms with Crippen LogP contribution in [0.3, 0.4) is 0 Å². The molecule has 0 amide bonds. The molecule has 0 radical (unpaired) electrons. The van der Waals surface area contributed by atoms with Gasteiger partial charge in [0.1, 0.15) is 0 Å². The van der Waals surface area contributed by atoms with Gasteiger partial charge in [0.2, 0.25) is 0 Å². The minimum Gasteiger partial charge on any atom is -0.147 e. The molecule has 4 aromatic rings. The van der Waals surface area contributed by atoms with Crippen LogP contribution in [0.4, 0.5) is 0 Å². The molecule has 0 bridgehead atoms. The van der Waals surface area contributed by atoms with Crippen molar-refractivity contribution < 1.29 is 15.7 Å². The summed E-state index contributed by atoms with van der Waals surface area (Å²) >= 11 is -3.03. The molecule has 6 rings (SSSR count). The van der Waals surface area contributed by atoms with Crippen LogP contribution in [-0.4, -0.2) is 12.1 Å². The summed E-state index contributed by atoms with van der Waals surface area (Å²) in [6.07, 6.45) is 2.70. The van der Waals surface area contributed by atoms with Crippen molar-refractivity contribution >= 4 is 49.1 Å². The van der Waals surface area contributed by atoms with Crippen molar-refractivity contribution in [2.45, 2.75) is 31.3 Å². The van der Waals surface area contributed by atoms with Gasteiger partial charge < -0.3 is 0 Å². The van der Waals surface area contributed by atoms with Crippen molar-refractivity contribution in [2.75, 3.05) is 0 Å². The van der Waals surface area contributed by atoms with E-state index < -0.39 is 15.7 Å². The Balaban J connectivity index is 0.00000185. The molecule has 0 aliphatic heterocycles. The van der Waals surface area contributed by atoms with Gasteiger partial charge >= 0.3 is 235 Å². The fraction of sp³-hybridized carbons (Fsp3) is 0.167. The molecule has 0 spiro atoms. The van der Waals surface area contributed by atoms with Crippen molar-refractivity contribution in [1.82, 2.24) is 0 Å². The van der Waals surface area contributed by atoms with Crippen molar-refractivity contribution in [3.63, 3.8) is 0 Å². The Morgan fingerprint density at radius 3 is 1.57 bits per heavy atom. The number of fused-ring (bicyclic) bond motifs is 1. The van der Waals surface area contributed by atoms with Crippen LogP contribution in [0.5, 0.6) is 0 Å². The number of hydrogen-bond donors (Lipinski definition) is 0. The molecule has 4 heteroatoms. The molecule has 0 saturated carbocycles. The molecule has 0 N–H and O–H groups in total. The Morgan fingerprint density at radius 1 is 0.600 bits per heavy atom. The minimum absolute atomic E-state index is 0. The van der Waals surface area contributed by atoms with Gasteiger partial charge in [-0.2, -0.15) is 0 Å². The number of allylic oxidation sites excluding steroid dienone is 5. The number of rotatable bonds is 5. The second kappa shape index (κ2) is 11.8. The molecule has 2 atom stereocenters. The Kier molecular flexibility index (Phi) is 9.14. The average molecular weight is 705 g/mol. The van der Waals surface area contributed by atoms with E-state index in [-0.39, 0.29) is 24.8 Å². The Morgan fingerprint density at radius 2 is 1.07 bits per heavy atom. The van der Waals surface area contributed by atoms with E-state index in [1.807, 2.05) is 0 Å². The first-order chi connectivity index (χ1) is 18.4. The van der Waals surface area contributed by atoms with Crippen molar-refractivity contribution in [3.8, 4) is 0 Å². The number of hydrogen-bond acceptors (Lipinski definition) is 0. The van der Waals surface area contributed by atoms with Gasteiger partial charge in [-0.1, -0.05) is 0 Å². The molecule has 40 heavy (non-hydrogen) atoms. The zero-order valence-corrected chi connectivity index (χ0v) is 30.8. The Labute approximate surface area is 257 Å². The maximum absolute atomic E-state index is 4.31. The van der Waals surface area contributed by atoms with Crippen LogP contribution in [0.2, 0.25) is 0 Å². The topological polar surface area (TPSA) is 0 Å². The molecule has 204 valence electrons. The normalized spacial score (nSPS) is 18.6. The molecule has 2 unspecified atom stereocenters. The van der Waals surface area contributed by atoms with E-state index in [1.54, 1.807) is 21.0 Å². The van der Waals surface area contributed by atoms with Crippen LogP contribution in [0.15, 0.2) is 141 Å². The van der Waals surface area contributed by atoms with Crippen molar-refractivity contribution in [1.29, 1.82) is 0 Å². The molecule has 2 aliphatic rings. The SMILES string of the molecule is CC1=C(C)C(C)[C]([Zr](=[GeH2])([c]2ccccc2)([c]2ccccc2)[CH]2C=C(c3ccccc3)c3ccccc32)=C1C.Cl.Cl. The van der Waals surface area contributed by atoms with Crippen LogP contribution >= 0.6 is 24.8 Å². The van der Waals surface area contributed by atoms with Crippen LogP contribution in [0.25, 0.3) is 5.57 Å². The zero-order chi connectivity index (χ0) is 26.5. The van der Waals surface area contributed by atoms with E-state index in [1.165, 1.54) is 40.0 Å². The maximum Gasteiger partial charge on any atom is -0.147 e. The summed E-state index contributed by atoms with van der Waals surface area (Å²) in [7, 11) is 0. The van der Waals surface area contributed by atoms with Gasteiger partial charge in [0.15, 0.2) is 0 Å². The van der Waals surface area contributed by atoms with Gasteiger partial charge in [-0.15, -0.1) is 24.8 Å². The van der Waals surface area contributed by atoms with E-state index >= 15 is 0 Å². The predicted octanol–water partition coefficient (Wildman–Crippen LogP) is 8.17. The Hall–Kier alpha value is -1.89. The third-order valence-corrected chi connectivity index (χ3v) is 47.8. The fourth-order valence-electron chi connectivity index (χ4n) is 7.69. The predicted molar refractivity (Wildman–Crippen MR) is 178 cm³/mol. The summed E-state index contributed by atoms with van der Waals surface area (Å²) in [4.78, 5) is 0. The second-order valence-corrected chi connectivity index (χ2v) is 42.9. The summed E-state index contributed by atoms with van der Waals surface area (Å²) in [5.41, 5.74) is 10.3. The van der Waals surface area contributed by atoms with Gasteiger partial charge in [0.25, 0.3) is 0 Å². The molecule has 0 heterocycles. The molecule has 0 fully saturated rings. The van der Waals surface area contributed by atoms with E-state index in [4.69, 9.17) is 0 Å². The molecule has 2 aliphatic carbocycles. The van der Waals surface area contributed by atoms with Gasteiger partial charge in [-0.3, -0.25) is 0 Å². The van der Waals surface area contributed by atoms with Crippen LogP contribution in [-0.2, 0) is 15.7 Å². The first-order valence-corrected chi connectivity index (χ1v) is 29.4. The molecular weight excluding hydrogens is 667 g/mol. The third kappa shape index (κ3) is 4.35. The average Bonchev–Trinajstić information content (AvgIpc) is 3.46. The van der Waals surface area contributed by atoms with Gasteiger partial charge in [0.05, 0.1) is 0 Å². The van der Waals surface area contributed by atoms with Crippen molar-refractivity contribution in [2.24, 2.45) is 5.92 Å². The van der Waals surface area contributed by atoms with E-state index in [0.717, 1.165) is 0 Å². The molecule has 0 aromatic heterocycles. The van der Waals surface area contributed by atoms with E-state index in [0.29, 0.717) is 9.54 Å². The fourth-order valence-corrected chi connectivity index (χ4v) is 43.6. The molecular formula is C36H38Cl2GeZr. The molecule has 0 nitrogen and oxygen atoms in total. The summed E-state index contributed by atoms with van der Waals surface area (Å²) in [6, 6.07) is 43.8. The first kappa shape index (κ1) is 31.1. The quantitative estimate of drug-likeness (QED) is 0.184. The van der Waals surface area contributed by atoms with Crippen LogP contribution in [0, 0.1) is 5.92 Å². The summed E-state index contributed by atoms with van der Waals surface area (Å²) < 4.78 is 5.37. The maximum atomic E-state index is 2.70. The standard InChI is InChI=1S/C15H11.C9H13.2C6H5.2ClH.GeH2.Zr/c1-2-6-12(7-3-1)15-11-10-13-8-4-5-9-14(13)15;1-6-5-7(2)9(4)8(6)3;2*1-2-4-6-5-3-1;;;;/h1-11H;6H,1-4H3;2*1-5H;2*1H;1H2;. The monoisotopic (exact) mass is 704 g/mol. The first-order valence-electron chi connectivity index (χ1n) is 13.8. The number of halogens is 2. The summed E-state index contributed by atoms with van der Waals surface area (Å²) in [5, 5.41) is 0. The van der Waals surface area contributed by atoms with Gasteiger partial charge in [-0.05, 0) is 0 Å². The van der Waals surface area contributed by atoms with E-state index in [2.05, 4.69) is 149 Å². The second-order valence-electron chi connectivity index (χ2n) is 11.4. The zero-order valence-electron chi connectivity index (χ0n) is 23.7.